The van der Waals surface area contributed by atoms with Crippen LogP contribution in [0, 0.1) is 0 Å². The van der Waals surface area contributed by atoms with Gasteiger partial charge < -0.3 is 10.1 Å². The van der Waals surface area contributed by atoms with Gasteiger partial charge in [0.25, 0.3) is 0 Å². The van der Waals surface area contributed by atoms with Gasteiger partial charge in [-0.15, -0.1) is 0 Å². The highest BCUT2D eigenvalue weighted by molar-refractivity contribution is 4.93. The zero-order chi connectivity index (χ0) is 7.68. The van der Waals surface area contributed by atoms with Crippen molar-refractivity contribution in [1.29, 1.82) is 0 Å². The van der Waals surface area contributed by atoms with Gasteiger partial charge in [-0.05, 0) is 6.92 Å². The van der Waals surface area contributed by atoms with Crippen LogP contribution in [0.4, 0.5) is 0 Å². The highest BCUT2D eigenvalue weighted by Gasteiger charge is 2.32. The van der Waals surface area contributed by atoms with E-state index in [0.717, 1.165) is 32.3 Å². The van der Waals surface area contributed by atoms with Gasteiger partial charge in [-0.2, -0.15) is 0 Å². The van der Waals surface area contributed by atoms with E-state index in [1.807, 2.05) is 0 Å². The lowest BCUT2D eigenvalue weighted by molar-refractivity contribution is -0.00777. The lowest BCUT2D eigenvalue weighted by Gasteiger charge is -2.45. The molecule has 0 saturated carbocycles. The molecule has 2 rings (SSSR count). The largest absolute Gasteiger partial charge is 0.379 e. The molecule has 0 radical (unpaired) electrons. The van der Waals surface area contributed by atoms with Crippen molar-refractivity contribution in [2.75, 3.05) is 32.8 Å². The first-order valence-electron chi connectivity index (χ1n) is 4.43. The predicted molar refractivity (Wildman–Crippen MR) is 43.6 cm³/mol. The number of nitrogens with one attached hydrogen (secondary N) is 1. The first-order valence-corrected chi connectivity index (χ1v) is 4.43. The zero-order valence-corrected chi connectivity index (χ0v) is 7.05. The molecule has 0 spiro atoms. The van der Waals surface area contributed by atoms with Crippen LogP contribution in [0.3, 0.4) is 0 Å². The van der Waals surface area contributed by atoms with E-state index in [2.05, 4.69) is 17.1 Å². The summed E-state index contributed by atoms with van der Waals surface area (Å²) in [6.07, 6.45) is 0. The average molecular weight is 156 g/mol. The van der Waals surface area contributed by atoms with E-state index in [4.69, 9.17) is 4.74 Å². The molecule has 0 unspecified atom stereocenters. The summed E-state index contributed by atoms with van der Waals surface area (Å²) in [5, 5.41) is 3.37. The molecule has 0 aliphatic carbocycles. The van der Waals surface area contributed by atoms with E-state index in [9.17, 15) is 0 Å². The summed E-state index contributed by atoms with van der Waals surface area (Å²) in [7, 11) is 0. The maximum absolute atomic E-state index is 5.29. The fourth-order valence-electron chi connectivity index (χ4n) is 1.81. The van der Waals surface area contributed by atoms with Gasteiger partial charge in [0.15, 0.2) is 0 Å². The van der Waals surface area contributed by atoms with Crippen LogP contribution in [0.2, 0.25) is 0 Å². The summed E-state index contributed by atoms with van der Waals surface area (Å²) < 4.78 is 5.29. The molecule has 0 aromatic carbocycles. The molecule has 2 heterocycles. The van der Waals surface area contributed by atoms with Crippen LogP contribution >= 0.6 is 0 Å². The second-order valence-electron chi connectivity index (χ2n) is 3.41. The van der Waals surface area contributed by atoms with Crippen LogP contribution in [0.15, 0.2) is 0 Å². The Hall–Kier alpha value is -0.120. The normalized spacial score (nSPS) is 40.1. The van der Waals surface area contributed by atoms with Crippen molar-refractivity contribution in [1.82, 2.24) is 10.2 Å². The topological polar surface area (TPSA) is 24.5 Å². The Balaban J connectivity index is 1.83. The van der Waals surface area contributed by atoms with Gasteiger partial charge in [0.05, 0.1) is 13.2 Å². The molecule has 11 heavy (non-hydrogen) atoms. The standard InChI is InChI=1S/C8H16N2O/c1-7-8(6-9-7)10-2-4-11-5-3-10/h7-9H,2-6H2,1H3/t7-,8+/m1/s1. The predicted octanol–water partition coefficient (Wildman–Crippen LogP) is -0.321. The van der Waals surface area contributed by atoms with Crippen LogP contribution in [-0.2, 0) is 4.74 Å². The second-order valence-corrected chi connectivity index (χ2v) is 3.41. The van der Waals surface area contributed by atoms with Gasteiger partial charge >= 0.3 is 0 Å². The van der Waals surface area contributed by atoms with Crippen molar-refractivity contribution < 1.29 is 4.74 Å². The van der Waals surface area contributed by atoms with Gasteiger partial charge in [0, 0.05) is 31.7 Å². The highest BCUT2D eigenvalue weighted by atomic mass is 16.5. The average Bonchev–Trinajstić information content (AvgIpc) is 2.04. The summed E-state index contributed by atoms with van der Waals surface area (Å²) >= 11 is 0. The van der Waals surface area contributed by atoms with Gasteiger partial charge in [-0.1, -0.05) is 0 Å². The summed E-state index contributed by atoms with van der Waals surface area (Å²) in [4.78, 5) is 2.53. The summed E-state index contributed by atoms with van der Waals surface area (Å²) in [5.74, 6) is 0. The van der Waals surface area contributed by atoms with E-state index in [1.165, 1.54) is 6.54 Å². The van der Waals surface area contributed by atoms with Gasteiger partial charge in [0.2, 0.25) is 0 Å². The molecule has 0 aromatic rings. The lowest BCUT2D eigenvalue weighted by atomic mass is 10.0. The quantitative estimate of drug-likeness (QED) is 0.563. The SMILES string of the molecule is C[C@H]1NC[C@@H]1N1CCOCC1. The van der Waals surface area contributed by atoms with Crippen molar-refractivity contribution in [3.8, 4) is 0 Å². The molecular weight excluding hydrogens is 140 g/mol. The molecule has 2 saturated heterocycles. The number of ether oxygens (including phenoxy) is 1. The molecule has 0 amide bonds. The molecule has 3 nitrogen and oxygen atoms in total. The van der Waals surface area contributed by atoms with Crippen LogP contribution in [0.25, 0.3) is 0 Å². The molecule has 0 aromatic heterocycles. The van der Waals surface area contributed by atoms with Crippen molar-refractivity contribution in [2.24, 2.45) is 0 Å². The van der Waals surface area contributed by atoms with Gasteiger partial charge in [0.1, 0.15) is 0 Å². The highest BCUT2D eigenvalue weighted by Crippen LogP contribution is 2.13. The van der Waals surface area contributed by atoms with Crippen LogP contribution in [0.1, 0.15) is 6.92 Å². The molecule has 0 bridgehead atoms. The number of hydrogen-bond acceptors (Lipinski definition) is 3. The van der Waals surface area contributed by atoms with Crippen molar-refractivity contribution >= 4 is 0 Å². The number of nitrogens with zero attached hydrogens (tertiary/aromatic N) is 1. The van der Waals surface area contributed by atoms with E-state index in [-0.39, 0.29) is 0 Å². The number of rotatable bonds is 1. The Morgan fingerprint density at radius 3 is 2.55 bits per heavy atom. The van der Waals surface area contributed by atoms with Crippen LogP contribution in [-0.4, -0.2) is 49.8 Å². The Morgan fingerprint density at radius 2 is 2.09 bits per heavy atom. The maximum Gasteiger partial charge on any atom is 0.0594 e. The smallest absolute Gasteiger partial charge is 0.0594 e. The Labute approximate surface area is 67.7 Å². The Kier molecular flexibility index (Phi) is 2.11. The second kappa shape index (κ2) is 3.09. The summed E-state index contributed by atoms with van der Waals surface area (Å²) in [6.45, 7) is 7.50. The minimum atomic E-state index is 0.688. The minimum Gasteiger partial charge on any atom is -0.379 e. The van der Waals surface area contributed by atoms with Crippen LogP contribution in [0.5, 0.6) is 0 Å². The van der Waals surface area contributed by atoms with E-state index >= 15 is 0 Å². The zero-order valence-electron chi connectivity index (χ0n) is 7.05. The van der Waals surface area contributed by atoms with Gasteiger partial charge in [-0.3, -0.25) is 4.90 Å². The molecule has 1 N–H and O–H groups in total. The van der Waals surface area contributed by atoms with Crippen molar-refractivity contribution in [3.63, 3.8) is 0 Å². The van der Waals surface area contributed by atoms with E-state index in [1.54, 1.807) is 0 Å². The molecule has 2 fully saturated rings. The number of hydrogen-bond donors (Lipinski definition) is 1. The minimum absolute atomic E-state index is 0.688. The molecule has 2 atom stereocenters. The molecular formula is C8H16N2O. The fraction of sp³-hybridized carbons (Fsp3) is 1.00. The molecule has 2 aliphatic heterocycles. The Bertz CT molecular complexity index is 134. The molecule has 3 heteroatoms. The van der Waals surface area contributed by atoms with Crippen molar-refractivity contribution in [3.05, 3.63) is 0 Å². The fourth-order valence-corrected chi connectivity index (χ4v) is 1.81. The first kappa shape index (κ1) is 7.53. The van der Waals surface area contributed by atoms with Crippen LogP contribution < -0.4 is 5.32 Å². The maximum atomic E-state index is 5.29. The molecule has 2 aliphatic rings. The van der Waals surface area contributed by atoms with Gasteiger partial charge in [-0.25, -0.2) is 0 Å². The summed E-state index contributed by atoms with van der Waals surface area (Å²) in [6, 6.07) is 1.46. The lowest BCUT2D eigenvalue weighted by Crippen LogP contribution is -2.65. The first-order chi connectivity index (χ1) is 5.38. The van der Waals surface area contributed by atoms with E-state index in [0.29, 0.717) is 6.04 Å². The third-order valence-electron chi connectivity index (χ3n) is 2.74. The Morgan fingerprint density at radius 1 is 1.36 bits per heavy atom. The van der Waals surface area contributed by atoms with Crippen molar-refractivity contribution in [2.45, 2.75) is 19.0 Å². The third-order valence-corrected chi connectivity index (χ3v) is 2.74. The monoisotopic (exact) mass is 156 g/mol. The van der Waals surface area contributed by atoms with E-state index < -0.39 is 0 Å². The third kappa shape index (κ3) is 1.41. The summed E-state index contributed by atoms with van der Waals surface area (Å²) in [5.41, 5.74) is 0. The number of morpholine rings is 1. The molecule has 64 valence electrons.